The number of sulfonamides is 1. The summed E-state index contributed by atoms with van der Waals surface area (Å²) < 4.78 is 34.5. The number of nitrogens with zero attached hydrogens (tertiary/aromatic N) is 3. The third kappa shape index (κ3) is 4.53. The number of hydrogen-bond acceptors (Lipinski definition) is 7. The lowest BCUT2D eigenvalue weighted by molar-refractivity contribution is -0.725. The molecular formula is C18H23N4O6S+. The Bertz CT molecular complexity index is 950. The van der Waals surface area contributed by atoms with Gasteiger partial charge in [-0.15, -0.1) is 0 Å². The minimum absolute atomic E-state index is 0.0464. The molecular weight excluding hydrogens is 400 g/mol. The van der Waals surface area contributed by atoms with Crippen molar-refractivity contribution >= 4 is 15.9 Å². The van der Waals surface area contributed by atoms with E-state index in [1.165, 1.54) is 36.7 Å². The van der Waals surface area contributed by atoms with Gasteiger partial charge in [0.25, 0.3) is 12.6 Å². The number of aromatic nitrogens is 2. The summed E-state index contributed by atoms with van der Waals surface area (Å²) in [5.74, 6) is -0.517. The van der Waals surface area contributed by atoms with Crippen LogP contribution in [0.1, 0.15) is 19.8 Å². The Labute approximate surface area is 168 Å². The summed E-state index contributed by atoms with van der Waals surface area (Å²) >= 11 is 0. The third-order valence-electron chi connectivity index (χ3n) is 4.80. The number of benzene rings is 1. The average Bonchev–Trinajstić information content (AvgIpc) is 2.72. The zero-order valence-corrected chi connectivity index (χ0v) is 16.6. The fraction of sp³-hybridized carbons (Fsp3) is 0.389. The van der Waals surface area contributed by atoms with Crippen LogP contribution < -0.4 is 14.8 Å². The van der Waals surface area contributed by atoms with E-state index in [2.05, 4.69) is 4.98 Å². The standard InChI is InChI=1S/C18H22N4O6S/c1-18(24)7-2-10-22(16(18)17(23)20-25)29(26,27)15-5-3-14(4-6-15)28-13-21-11-8-19-9-12-21/h3-6,8-9,11-12,16,24H,2,7,10,13H2,1H3,(H-,20,23,25)/p+1/t16?,18-/m1/s1. The van der Waals surface area contributed by atoms with Crippen molar-refractivity contribution in [2.75, 3.05) is 6.54 Å². The maximum atomic E-state index is 13.1. The highest BCUT2D eigenvalue weighted by Gasteiger charge is 2.49. The van der Waals surface area contributed by atoms with Crippen LogP contribution in [0.25, 0.3) is 0 Å². The maximum Gasteiger partial charge on any atom is 0.292 e. The second kappa shape index (κ2) is 8.41. The van der Waals surface area contributed by atoms with Crippen LogP contribution in [0.15, 0.2) is 53.9 Å². The summed E-state index contributed by atoms with van der Waals surface area (Å²) in [6, 6.07) is 4.33. The first kappa shape index (κ1) is 21.1. The van der Waals surface area contributed by atoms with Crippen molar-refractivity contribution in [3.8, 4) is 5.75 Å². The second-order valence-electron chi connectivity index (χ2n) is 6.96. The van der Waals surface area contributed by atoms with Gasteiger partial charge in [0.1, 0.15) is 11.8 Å². The predicted octanol–water partition coefficient (Wildman–Crippen LogP) is -0.185. The zero-order valence-electron chi connectivity index (χ0n) is 15.8. The van der Waals surface area contributed by atoms with E-state index in [1.54, 1.807) is 29.4 Å². The van der Waals surface area contributed by atoms with Crippen molar-refractivity contribution in [2.45, 2.75) is 43.0 Å². The number of hydrogen-bond donors (Lipinski definition) is 3. The minimum atomic E-state index is -4.09. The van der Waals surface area contributed by atoms with E-state index in [4.69, 9.17) is 9.94 Å². The molecule has 1 fully saturated rings. The van der Waals surface area contributed by atoms with Gasteiger partial charge in [0.15, 0.2) is 12.4 Å². The average molecular weight is 423 g/mol. The topological polar surface area (TPSA) is 133 Å². The SMILES string of the molecule is C[C@@]1(O)CCCN(S(=O)(=O)c2ccc(OC[n+]3ccncc3)cc2)C1C(=O)NO. The van der Waals surface area contributed by atoms with Crippen LogP contribution >= 0.6 is 0 Å². The lowest BCUT2D eigenvalue weighted by Gasteiger charge is -2.42. The van der Waals surface area contributed by atoms with Gasteiger partial charge in [-0.25, -0.2) is 13.9 Å². The maximum absolute atomic E-state index is 13.1. The van der Waals surface area contributed by atoms with Crippen LogP contribution in [-0.2, 0) is 21.5 Å². The highest BCUT2D eigenvalue weighted by molar-refractivity contribution is 7.89. The highest BCUT2D eigenvalue weighted by Crippen LogP contribution is 2.32. The molecule has 2 aromatic rings. The van der Waals surface area contributed by atoms with Crippen molar-refractivity contribution in [2.24, 2.45) is 0 Å². The fourth-order valence-corrected chi connectivity index (χ4v) is 5.05. The summed E-state index contributed by atoms with van der Waals surface area (Å²) in [5, 5.41) is 19.5. The number of aliphatic hydroxyl groups is 1. The summed E-state index contributed by atoms with van der Waals surface area (Å²) in [6.07, 6.45) is 7.31. The van der Waals surface area contributed by atoms with Gasteiger partial charge in [-0.05, 0) is 44.0 Å². The van der Waals surface area contributed by atoms with Gasteiger partial charge in [-0.3, -0.25) is 15.0 Å². The monoisotopic (exact) mass is 423 g/mol. The van der Waals surface area contributed by atoms with Crippen LogP contribution in [0.2, 0.25) is 0 Å². The number of carbonyl (C=O) groups is 1. The molecule has 1 saturated heterocycles. The predicted molar refractivity (Wildman–Crippen MR) is 99.0 cm³/mol. The van der Waals surface area contributed by atoms with E-state index < -0.39 is 27.6 Å². The lowest BCUT2D eigenvalue weighted by Crippen LogP contribution is -2.62. The molecule has 0 bridgehead atoms. The molecule has 2 heterocycles. The Kier molecular flexibility index (Phi) is 6.13. The number of amides is 1. The molecule has 156 valence electrons. The molecule has 3 rings (SSSR count). The molecule has 1 aromatic heterocycles. The van der Waals surface area contributed by atoms with Crippen molar-refractivity contribution in [3.63, 3.8) is 0 Å². The number of nitrogens with one attached hydrogen (secondary N) is 1. The molecule has 29 heavy (non-hydrogen) atoms. The first-order valence-electron chi connectivity index (χ1n) is 8.96. The molecule has 1 aliphatic rings. The quantitative estimate of drug-likeness (QED) is 0.333. The van der Waals surface area contributed by atoms with E-state index in [0.29, 0.717) is 12.2 Å². The summed E-state index contributed by atoms with van der Waals surface area (Å²) in [5.41, 5.74) is -0.155. The van der Waals surface area contributed by atoms with E-state index in [1.807, 2.05) is 0 Å². The number of carbonyl (C=O) groups excluding carboxylic acids is 1. The molecule has 11 heteroatoms. The molecule has 10 nitrogen and oxygen atoms in total. The number of ether oxygens (including phenoxy) is 1. The van der Waals surface area contributed by atoms with Gasteiger partial charge in [-0.2, -0.15) is 8.87 Å². The highest BCUT2D eigenvalue weighted by atomic mass is 32.2. The third-order valence-corrected chi connectivity index (χ3v) is 6.67. The first-order valence-corrected chi connectivity index (χ1v) is 10.4. The van der Waals surface area contributed by atoms with Gasteiger partial charge >= 0.3 is 0 Å². The van der Waals surface area contributed by atoms with Gasteiger partial charge in [0.2, 0.25) is 10.0 Å². The van der Waals surface area contributed by atoms with Gasteiger partial charge in [-0.1, -0.05) is 0 Å². The molecule has 1 aliphatic heterocycles. The largest absolute Gasteiger partial charge is 0.436 e. The molecule has 1 aromatic carbocycles. The van der Waals surface area contributed by atoms with E-state index in [0.717, 1.165) is 4.31 Å². The Morgan fingerprint density at radius 1 is 1.34 bits per heavy atom. The summed E-state index contributed by atoms with van der Waals surface area (Å²) in [7, 11) is -4.09. The van der Waals surface area contributed by atoms with E-state index in [-0.39, 0.29) is 24.6 Å². The number of rotatable bonds is 6. The molecule has 1 amide bonds. The van der Waals surface area contributed by atoms with Crippen molar-refractivity contribution in [3.05, 3.63) is 49.1 Å². The first-order chi connectivity index (χ1) is 13.8. The lowest BCUT2D eigenvalue weighted by atomic mass is 9.87. The van der Waals surface area contributed by atoms with Crippen LogP contribution in [0.5, 0.6) is 5.75 Å². The minimum Gasteiger partial charge on any atom is -0.436 e. The Hall–Kier alpha value is -2.60. The van der Waals surface area contributed by atoms with Gasteiger partial charge < -0.3 is 9.84 Å². The van der Waals surface area contributed by atoms with Crippen molar-refractivity contribution < 1.29 is 32.8 Å². The molecule has 1 unspecified atom stereocenters. The molecule has 0 radical (unpaired) electrons. The van der Waals surface area contributed by atoms with Gasteiger partial charge in [0.05, 0.1) is 22.9 Å². The van der Waals surface area contributed by atoms with Crippen LogP contribution in [-0.4, -0.2) is 52.1 Å². The molecule has 0 spiro atoms. The smallest absolute Gasteiger partial charge is 0.292 e. The molecule has 3 N–H and O–H groups in total. The van der Waals surface area contributed by atoms with Crippen LogP contribution in [0.4, 0.5) is 0 Å². The van der Waals surface area contributed by atoms with Crippen molar-refractivity contribution in [1.82, 2.24) is 14.8 Å². The normalized spacial score (nSPS) is 22.8. The summed E-state index contributed by atoms with van der Waals surface area (Å²) in [4.78, 5) is 16.0. The fourth-order valence-electron chi connectivity index (χ4n) is 3.33. The Morgan fingerprint density at radius 3 is 2.62 bits per heavy atom. The van der Waals surface area contributed by atoms with Crippen molar-refractivity contribution in [1.29, 1.82) is 0 Å². The Balaban J connectivity index is 1.80. The molecule has 0 aliphatic carbocycles. The van der Waals surface area contributed by atoms with E-state index in [9.17, 15) is 18.3 Å². The van der Waals surface area contributed by atoms with E-state index >= 15 is 0 Å². The Morgan fingerprint density at radius 2 is 2.00 bits per heavy atom. The van der Waals surface area contributed by atoms with Crippen LogP contribution in [0, 0.1) is 0 Å². The zero-order chi connectivity index (χ0) is 21.1. The summed E-state index contributed by atoms with van der Waals surface area (Å²) in [6.45, 7) is 1.65. The second-order valence-corrected chi connectivity index (χ2v) is 8.85. The number of piperidine rings is 1. The van der Waals surface area contributed by atoms with Gasteiger partial charge in [0, 0.05) is 6.54 Å². The number of hydroxylamine groups is 1. The van der Waals surface area contributed by atoms with Crippen LogP contribution in [0.3, 0.4) is 0 Å². The molecule has 2 atom stereocenters. The molecule has 0 saturated carbocycles.